The number of likely N-dealkylation sites (N-methyl/N-ethyl adjacent to an activating group) is 1. The molecule has 4 N–H and O–H groups in total. The van der Waals surface area contributed by atoms with E-state index in [1.165, 1.54) is 0 Å². The molecule has 2 rings (SSSR count). The number of nitrogens with zero attached hydrogens (tertiary/aromatic N) is 2. The Bertz CT molecular complexity index is 719. The maximum absolute atomic E-state index is 11.3. The zero-order valence-corrected chi connectivity index (χ0v) is 12.7. The molecule has 0 aliphatic heterocycles. The van der Waals surface area contributed by atoms with Crippen molar-refractivity contribution in [1.82, 2.24) is 14.9 Å². The molecule has 1 aromatic heterocycles. The smallest absolute Gasteiger partial charge is 0.248 e. The van der Waals surface area contributed by atoms with Crippen LogP contribution in [0.25, 0.3) is 11.0 Å². The number of allylic oxidation sites excluding steroid dienone is 1. The Morgan fingerprint density at radius 3 is 2.90 bits per heavy atom. The number of nitrogens with two attached hydrogens (primary N) is 1. The van der Waals surface area contributed by atoms with Gasteiger partial charge in [-0.1, -0.05) is 18.3 Å². The van der Waals surface area contributed by atoms with Gasteiger partial charge >= 0.3 is 0 Å². The highest BCUT2D eigenvalue weighted by atomic mass is 32.1. The third-order valence-corrected chi connectivity index (χ3v) is 3.33. The Morgan fingerprint density at radius 1 is 1.52 bits per heavy atom. The van der Waals surface area contributed by atoms with Gasteiger partial charge in [0.25, 0.3) is 0 Å². The lowest BCUT2D eigenvalue weighted by molar-refractivity contribution is 0.100. The van der Waals surface area contributed by atoms with Crippen molar-refractivity contribution in [2.75, 3.05) is 12.4 Å². The molecule has 6 nitrogen and oxygen atoms in total. The fourth-order valence-corrected chi connectivity index (χ4v) is 2.06. The SMILES string of the molecule is C/C=C/Nc1nc2cc(C(N)=O)ccc2n1CC(=S)NC. The molecule has 2 aromatic rings. The van der Waals surface area contributed by atoms with Crippen molar-refractivity contribution in [2.24, 2.45) is 5.73 Å². The second-order valence-electron chi connectivity index (χ2n) is 4.41. The first-order chi connectivity index (χ1) is 10.1. The van der Waals surface area contributed by atoms with Crippen molar-refractivity contribution in [2.45, 2.75) is 13.5 Å². The summed E-state index contributed by atoms with van der Waals surface area (Å²) in [5.41, 5.74) is 7.30. The highest BCUT2D eigenvalue weighted by Gasteiger charge is 2.12. The van der Waals surface area contributed by atoms with E-state index in [4.69, 9.17) is 18.0 Å². The van der Waals surface area contributed by atoms with Gasteiger partial charge in [0.1, 0.15) is 0 Å². The average Bonchev–Trinajstić information content (AvgIpc) is 2.81. The zero-order valence-electron chi connectivity index (χ0n) is 11.9. The summed E-state index contributed by atoms with van der Waals surface area (Å²) in [4.78, 5) is 16.4. The number of imidazole rings is 1. The van der Waals surface area contributed by atoms with Crippen molar-refractivity contribution in [3.8, 4) is 0 Å². The molecule has 0 spiro atoms. The molecule has 0 saturated heterocycles. The standard InChI is InChI=1S/C14H17N5OS/c1-3-6-17-14-18-10-7-9(13(15)20)4-5-11(10)19(14)8-12(21)16-2/h3-7H,8H2,1-2H3,(H2,15,20)(H,16,21)(H,17,18)/b6-3+. The van der Waals surface area contributed by atoms with Crippen LogP contribution in [0, 0.1) is 0 Å². The van der Waals surface area contributed by atoms with Crippen molar-refractivity contribution < 1.29 is 4.79 Å². The summed E-state index contributed by atoms with van der Waals surface area (Å²) in [7, 11) is 1.78. The molecule has 7 heteroatoms. The van der Waals surface area contributed by atoms with Gasteiger partial charge in [0, 0.05) is 12.6 Å². The molecule has 110 valence electrons. The number of fused-ring (bicyclic) bond motifs is 1. The van der Waals surface area contributed by atoms with Crippen molar-refractivity contribution in [3.05, 3.63) is 36.0 Å². The van der Waals surface area contributed by atoms with Gasteiger partial charge in [-0.2, -0.15) is 0 Å². The van der Waals surface area contributed by atoms with E-state index in [1.807, 2.05) is 23.6 Å². The van der Waals surface area contributed by atoms with Crippen molar-refractivity contribution in [3.63, 3.8) is 0 Å². The van der Waals surface area contributed by atoms with Gasteiger partial charge < -0.3 is 20.9 Å². The topological polar surface area (TPSA) is 85.0 Å². The van der Waals surface area contributed by atoms with Crippen LogP contribution in [-0.2, 0) is 6.54 Å². The quantitative estimate of drug-likeness (QED) is 0.731. The molecule has 0 aliphatic rings. The first-order valence-corrected chi connectivity index (χ1v) is 6.86. The molecular weight excluding hydrogens is 286 g/mol. The minimum atomic E-state index is -0.472. The second kappa shape index (κ2) is 6.36. The number of thiocarbonyl (C=S) groups is 1. The molecule has 0 saturated carbocycles. The zero-order chi connectivity index (χ0) is 15.4. The van der Waals surface area contributed by atoms with Gasteiger partial charge in [-0.25, -0.2) is 4.98 Å². The van der Waals surface area contributed by atoms with E-state index < -0.39 is 5.91 Å². The molecular formula is C14H17N5OS. The van der Waals surface area contributed by atoms with Crippen LogP contribution in [0.2, 0.25) is 0 Å². The number of primary amides is 1. The number of rotatable bonds is 5. The van der Waals surface area contributed by atoms with Crippen molar-refractivity contribution >= 4 is 40.1 Å². The summed E-state index contributed by atoms with van der Waals surface area (Å²) < 4.78 is 1.94. The summed E-state index contributed by atoms with van der Waals surface area (Å²) in [6.45, 7) is 2.40. The first-order valence-electron chi connectivity index (χ1n) is 6.45. The number of benzene rings is 1. The Balaban J connectivity index is 2.54. The van der Waals surface area contributed by atoms with Crippen LogP contribution in [0.1, 0.15) is 17.3 Å². The fraction of sp³-hybridized carbons (Fsp3) is 0.214. The number of carbonyl (C=O) groups excluding carboxylic acids is 1. The number of hydrogen-bond donors (Lipinski definition) is 3. The normalized spacial score (nSPS) is 11.0. The third-order valence-electron chi connectivity index (χ3n) is 2.99. The third kappa shape index (κ3) is 3.19. The maximum Gasteiger partial charge on any atom is 0.248 e. The Kier molecular flexibility index (Phi) is 4.54. The molecule has 21 heavy (non-hydrogen) atoms. The van der Waals surface area contributed by atoms with Gasteiger partial charge in [0.15, 0.2) is 0 Å². The number of hydrogen-bond acceptors (Lipinski definition) is 4. The van der Waals surface area contributed by atoms with E-state index in [1.54, 1.807) is 25.4 Å². The second-order valence-corrected chi connectivity index (χ2v) is 4.90. The van der Waals surface area contributed by atoms with Crippen LogP contribution < -0.4 is 16.4 Å². The summed E-state index contributed by atoms with van der Waals surface area (Å²) in [5, 5.41) is 6.04. The average molecular weight is 303 g/mol. The highest BCUT2D eigenvalue weighted by molar-refractivity contribution is 7.80. The lowest BCUT2D eigenvalue weighted by Gasteiger charge is -2.09. The van der Waals surface area contributed by atoms with Gasteiger partial charge in [0.05, 0.1) is 22.6 Å². The van der Waals surface area contributed by atoms with E-state index in [0.717, 1.165) is 5.52 Å². The highest BCUT2D eigenvalue weighted by Crippen LogP contribution is 2.21. The molecule has 0 fully saturated rings. The van der Waals surface area contributed by atoms with Crippen LogP contribution in [0.5, 0.6) is 0 Å². The Hall–Kier alpha value is -2.41. The van der Waals surface area contributed by atoms with E-state index in [9.17, 15) is 4.79 Å². The Morgan fingerprint density at radius 2 is 2.29 bits per heavy atom. The lowest BCUT2D eigenvalue weighted by atomic mass is 10.2. The summed E-state index contributed by atoms with van der Waals surface area (Å²) in [6.07, 6.45) is 3.66. The van der Waals surface area contributed by atoms with E-state index >= 15 is 0 Å². The van der Waals surface area contributed by atoms with E-state index in [2.05, 4.69) is 15.6 Å². The van der Waals surface area contributed by atoms with Gasteiger partial charge in [-0.05, 0) is 31.3 Å². The molecule has 0 bridgehead atoms. The Labute approximate surface area is 128 Å². The number of nitrogens with one attached hydrogen (secondary N) is 2. The van der Waals surface area contributed by atoms with E-state index in [0.29, 0.717) is 28.6 Å². The number of carbonyl (C=O) groups is 1. The molecule has 1 aromatic carbocycles. The van der Waals surface area contributed by atoms with Crippen molar-refractivity contribution in [1.29, 1.82) is 0 Å². The predicted octanol–water partition coefficient (Wildman–Crippen LogP) is 1.63. The fourth-order valence-electron chi connectivity index (χ4n) is 1.93. The molecule has 0 atom stereocenters. The minimum Gasteiger partial charge on any atom is -0.381 e. The van der Waals surface area contributed by atoms with Crippen LogP contribution in [0.15, 0.2) is 30.5 Å². The molecule has 0 radical (unpaired) electrons. The first kappa shape index (κ1) is 15.0. The summed E-state index contributed by atoms with van der Waals surface area (Å²) >= 11 is 5.23. The molecule has 0 aliphatic carbocycles. The minimum absolute atomic E-state index is 0.431. The summed E-state index contributed by atoms with van der Waals surface area (Å²) in [6, 6.07) is 5.18. The van der Waals surface area contributed by atoms with Gasteiger partial charge in [-0.3, -0.25) is 4.79 Å². The summed E-state index contributed by atoms with van der Waals surface area (Å²) in [5.74, 6) is 0.183. The monoisotopic (exact) mass is 303 g/mol. The molecule has 0 unspecified atom stereocenters. The largest absolute Gasteiger partial charge is 0.381 e. The van der Waals surface area contributed by atoms with Crippen LogP contribution in [0.4, 0.5) is 5.95 Å². The molecule has 1 heterocycles. The number of aromatic nitrogens is 2. The van der Waals surface area contributed by atoms with Gasteiger partial charge in [0.2, 0.25) is 11.9 Å². The van der Waals surface area contributed by atoms with Crippen LogP contribution >= 0.6 is 12.2 Å². The predicted molar refractivity (Wildman–Crippen MR) is 88.3 cm³/mol. The molecule has 1 amide bonds. The maximum atomic E-state index is 11.3. The number of amides is 1. The van der Waals surface area contributed by atoms with Gasteiger partial charge in [-0.15, -0.1) is 0 Å². The van der Waals surface area contributed by atoms with Crippen LogP contribution in [-0.4, -0.2) is 27.5 Å². The van der Waals surface area contributed by atoms with E-state index in [-0.39, 0.29) is 0 Å². The lowest BCUT2D eigenvalue weighted by Crippen LogP contribution is -2.22. The number of anilines is 1. The van der Waals surface area contributed by atoms with Crippen LogP contribution in [0.3, 0.4) is 0 Å².